The van der Waals surface area contributed by atoms with Gasteiger partial charge >= 0.3 is 5.97 Å². The van der Waals surface area contributed by atoms with Gasteiger partial charge in [0.15, 0.2) is 0 Å². The maximum absolute atomic E-state index is 12.5. The summed E-state index contributed by atoms with van der Waals surface area (Å²) in [4.78, 5) is 36.0. The van der Waals surface area contributed by atoms with E-state index in [0.717, 1.165) is 6.42 Å². The standard InChI is InChI=1S/C19H26N2O5/c1-14(2)11-12-20(13-15(3)19(23)26-4)18(22)10-7-16-5-8-17(9-6-16)21(24)25/h5-10,14-15H,11-13H2,1-4H3/b10-7+. The van der Waals surface area contributed by atoms with Gasteiger partial charge < -0.3 is 9.64 Å². The molecule has 0 bridgehead atoms. The summed E-state index contributed by atoms with van der Waals surface area (Å²) in [5, 5.41) is 10.7. The number of hydrogen-bond acceptors (Lipinski definition) is 5. The van der Waals surface area contributed by atoms with Crippen LogP contribution in [0.5, 0.6) is 0 Å². The first-order valence-corrected chi connectivity index (χ1v) is 8.53. The van der Waals surface area contributed by atoms with Gasteiger partial charge in [-0.2, -0.15) is 0 Å². The summed E-state index contributed by atoms with van der Waals surface area (Å²) < 4.78 is 4.73. The van der Waals surface area contributed by atoms with Gasteiger partial charge in [-0.15, -0.1) is 0 Å². The van der Waals surface area contributed by atoms with Gasteiger partial charge in [-0.3, -0.25) is 19.7 Å². The van der Waals surface area contributed by atoms with Crippen molar-refractivity contribution < 1.29 is 19.2 Å². The monoisotopic (exact) mass is 362 g/mol. The smallest absolute Gasteiger partial charge is 0.310 e. The Hall–Kier alpha value is -2.70. The number of esters is 1. The zero-order valence-corrected chi connectivity index (χ0v) is 15.7. The van der Waals surface area contributed by atoms with Crippen LogP contribution in [0.25, 0.3) is 6.08 Å². The molecular weight excluding hydrogens is 336 g/mol. The number of nitrogens with zero attached hydrogens (tertiary/aromatic N) is 2. The summed E-state index contributed by atoms with van der Waals surface area (Å²) in [5.41, 5.74) is 0.688. The van der Waals surface area contributed by atoms with E-state index in [-0.39, 0.29) is 24.1 Å². The Bertz CT molecular complexity index is 652. The lowest BCUT2D eigenvalue weighted by Crippen LogP contribution is -2.37. The number of non-ortho nitro benzene ring substituents is 1. The second kappa shape index (κ2) is 10.3. The van der Waals surface area contributed by atoms with E-state index in [1.807, 2.05) is 0 Å². The number of nitro benzene ring substituents is 1. The van der Waals surface area contributed by atoms with Gasteiger partial charge in [-0.1, -0.05) is 20.8 Å². The third kappa shape index (κ3) is 7.04. The maximum Gasteiger partial charge on any atom is 0.310 e. The molecule has 1 unspecified atom stereocenters. The first kappa shape index (κ1) is 21.3. The fourth-order valence-electron chi connectivity index (χ4n) is 2.29. The van der Waals surface area contributed by atoms with Crippen molar-refractivity contribution in [2.24, 2.45) is 11.8 Å². The Labute approximate surface area is 153 Å². The van der Waals surface area contributed by atoms with Crippen LogP contribution in [0.1, 0.15) is 32.8 Å². The number of carbonyl (C=O) groups is 2. The highest BCUT2D eigenvalue weighted by Crippen LogP contribution is 2.13. The average Bonchev–Trinajstić information content (AvgIpc) is 2.62. The molecule has 0 aliphatic carbocycles. The number of benzene rings is 1. The Morgan fingerprint density at radius 3 is 2.35 bits per heavy atom. The minimum atomic E-state index is -0.472. The van der Waals surface area contributed by atoms with Crippen LogP contribution in [-0.2, 0) is 14.3 Å². The van der Waals surface area contributed by atoms with E-state index in [1.165, 1.54) is 25.3 Å². The molecule has 0 radical (unpaired) electrons. The van der Waals surface area contributed by atoms with E-state index in [2.05, 4.69) is 13.8 Å². The quantitative estimate of drug-likeness (QED) is 0.291. The minimum Gasteiger partial charge on any atom is -0.469 e. The number of methoxy groups -OCH3 is 1. The predicted molar refractivity (Wildman–Crippen MR) is 99.3 cm³/mol. The van der Waals surface area contributed by atoms with Crippen molar-refractivity contribution in [1.29, 1.82) is 0 Å². The first-order valence-electron chi connectivity index (χ1n) is 8.53. The molecule has 0 spiro atoms. The van der Waals surface area contributed by atoms with Crippen molar-refractivity contribution in [2.75, 3.05) is 20.2 Å². The molecule has 0 N–H and O–H groups in total. The molecule has 0 fully saturated rings. The molecule has 1 amide bonds. The third-order valence-corrected chi connectivity index (χ3v) is 3.91. The molecule has 7 heteroatoms. The molecule has 0 aliphatic rings. The lowest BCUT2D eigenvalue weighted by atomic mass is 10.1. The molecule has 1 atom stereocenters. The van der Waals surface area contributed by atoms with Gasteiger partial charge in [-0.05, 0) is 36.1 Å². The minimum absolute atomic E-state index is 0.000982. The highest BCUT2D eigenvalue weighted by atomic mass is 16.6. The summed E-state index contributed by atoms with van der Waals surface area (Å²) in [7, 11) is 1.33. The number of nitro groups is 1. The lowest BCUT2D eigenvalue weighted by Gasteiger charge is -2.24. The van der Waals surface area contributed by atoms with E-state index >= 15 is 0 Å². The van der Waals surface area contributed by atoms with Gasteiger partial charge in [0.2, 0.25) is 5.91 Å². The predicted octanol–water partition coefficient (Wildman–Crippen LogP) is 3.29. The van der Waals surface area contributed by atoms with Crippen LogP contribution in [0, 0.1) is 22.0 Å². The van der Waals surface area contributed by atoms with Gasteiger partial charge in [0.25, 0.3) is 5.69 Å². The van der Waals surface area contributed by atoms with Crippen LogP contribution in [0.15, 0.2) is 30.3 Å². The number of hydrogen-bond donors (Lipinski definition) is 0. The highest BCUT2D eigenvalue weighted by molar-refractivity contribution is 5.92. The second-order valence-electron chi connectivity index (χ2n) is 6.57. The molecule has 0 aromatic heterocycles. The maximum atomic E-state index is 12.5. The molecule has 26 heavy (non-hydrogen) atoms. The van der Waals surface area contributed by atoms with Crippen molar-refractivity contribution in [2.45, 2.75) is 27.2 Å². The van der Waals surface area contributed by atoms with Gasteiger partial charge in [-0.25, -0.2) is 0 Å². The first-order chi connectivity index (χ1) is 12.2. The van der Waals surface area contributed by atoms with Crippen LogP contribution in [-0.4, -0.2) is 41.9 Å². The number of ether oxygens (including phenoxy) is 1. The van der Waals surface area contributed by atoms with Crippen LogP contribution in [0.2, 0.25) is 0 Å². The zero-order chi connectivity index (χ0) is 19.7. The largest absolute Gasteiger partial charge is 0.469 e. The van der Waals surface area contributed by atoms with E-state index in [9.17, 15) is 19.7 Å². The van der Waals surface area contributed by atoms with Crippen LogP contribution >= 0.6 is 0 Å². The van der Waals surface area contributed by atoms with Crippen LogP contribution in [0.3, 0.4) is 0 Å². The third-order valence-electron chi connectivity index (χ3n) is 3.91. The summed E-state index contributed by atoms with van der Waals surface area (Å²) in [6.07, 6.45) is 3.85. The van der Waals surface area contributed by atoms with Crippen molar-refractivity contribution in [3.8, 4) is 0 Å². The Balaban J connectivity index is 2.82. The molecule has 1 rings (SSSR count). The van der Waals surface area contributed by atoms with Gasteiger partial charge in [0.1, 0.15) is 0 Å². The van der Waals surface area contributed by atoms with Crippen molar-refractivity contribution in [3.63, 3.8) is 0 Å². The molecule has 0 saturated heterocycles. The molecule has 1 aromatic carbocycles. The van der Waals surface area contributed by atoms with Crippen molar-refractivity contribution in [1.82, 2.24) is 4.90 Å². The van der Waals surface area contributed by atoms with Crippen LogP contribution in [0.4, 0.5) is 5.69 Å². The molecular formula is C19H26N2O5. The SMILES string of the molecule is COC(=O)C(C)CN(CCC(C)C)C(=O)/C=C/c1ccc([N+](=O)[O-])cc1. The summed E-state index contributed by atoms with van der Waals surface area (Å²) in [6.45, 7) is 6.69. The van der Waals surface area contributed by atoms with Crippen molar-refractivity contribution in [3.05, 3.63) is 46.0 Å². The van der Waals surface area contributed by atoms with Crippen LogP contribution < -0.4 is 0 Å². The molecule has 1 aromatic rings. The lowest BCUT2D eigenvalue weighted by molar-refractivity contribution is -0.384. The molecule has 0 aliphatic heterocycles. The summed E-state index contributed by atoms with van der Waals surface area (Å²) in [5.74, 6) is -0.548. The summed E-state index contributed by atoms with van der Waals surface area (Å²) >= 11 is 0. The zero-order valence-electron chi connectivity index (χ0n) is 15.7. The molecule has 7 nitrogen and oxygen atoms in total. The Morgan fingerprint density at radius 2 is 1.85 bits per heavy atom. The Kier molecular flexibility index (Phi) is 8.48. The molecule has 142 valence electrons. The number of rotatable bonds is 9. The second-order valence-corrected chi connectivity index (χ2v) is 6.57. The highest BCUT2D eigenvalue weighted by Gasteiger charge is 2.20. The van der Waals surface area contributed by atoms with Crippen molar-refractivity contribution >= 4 is 23.6 Å². The number of amides is 1. The van der Waals surface area contributed by atoms with E-state index in [0.29, 0.717) is 18.0 Å². The van der Waals surface area contributed by atoms with Gasteiger partial charge in [0.05, 0.1) is 18.0 Å². The summed E-state index contributed by atoms with van der Waals surface area (Å²) in [6, 6.07) is 5.94. The fourth-order valence-corrected chi connectivity index (χ4v) is 2.29. The average molecular weight is 362 g/mol. The Morgan fingerprint density at radius 1 is 1.23 bits per heavy atom. The molecule has 0 heterocycles. The normalized spacial score (nSPS) is 12.2. The molecule has 0 saturated carbocycles. The topological polar surface area (TPSA) is 89.8 Å². The van der Waals surface area contributed by atoms with E-state index in [1.54, 1.807) is 30.0 Å². The van der Waals surface area contributed by atoms with E-state index in [4.69, 9.17) is 4.74 Å². The van der Waals surface area contributed by atoms with Gasteiger partial charge in [0, 0.05) is 31.3 Å². The van der Waals surface area contributed by atoms with E-state index < -0.39 is 10.8 Å². The number of carbonyl (C=O) groups excluding carboxylic acids is 2. The fraction of sp³-hybridized carbons (Fsp3) is 0.474.